The van der Waals surface area contributed by atoms with Crippen LogP contribution >= 0.6 is 0 Å². The second kappa shape index (κ2) is 7.73. The highest BCUT2D eigenvalue weighted by Gasteiger charge is 2.15. The lowest BCUT2D eigenvalue weighted by atomic mass is 10.2. The van der Waals surface area contributed by atoms with Crippen molar-refractivity contribution in [3.05, 3.63) is 36.0 Å². The van der Waals surface area contributed by atoms with E-state index in [-0.39, 0.29) is 6.10 Å². The van der Waals surface area contributed by atoms with Gasteiger partial charge in [-0.15, -0.1) is 5.10 Å². The summed E-state index contributed by atoms with van der Waals surface area (Å²) in [5.74, 6) is 2.05. The predicted molar refractivity (Wildman–Crippen MR) is 87.6 cm³/mol. The van der Waals surface area contributed by atoms with Crippen LogP contribution in [0.15, 0.2) is 30.5 Å². The smallest absolute Gasteiger partial charge is 0.244 e. The molecule has 0 radical (unpaired) electrons. The first kappa shape index (κ1) is 15.5. The van der Waals surface area contributed by atoms with Gasteiger partial charge in [0.2, 0.25) is 5.95 Å². The molecule has 1 unspecified atom stereocenters. The average Bonchev–Trinajstić information content (AvgIpc) is 3.12. The fraction of sp³-hybridized carbons (Fsp3) is 0.438. The normalized spacial score (nSPS) is 17.0. The van der Waals surface area contributed by atoms with Gasteiger partial charge >= 0.3 is 0 Å². The van der Waals surface area contributed by atoms with E-state index in [1.807, 2.05) is 24.3 Å². The van der Waals surface area contributed by atoms with E-state index in [9.17, 15) is 0 Å². The van der Waals surface area contributed by atoms with Crippen molar-refractivity contribution in [2.24, 2.45) is 0 Å². The molecule has 0 saturated carbocycles. The molecule has 2 aromatic rings. The summed E-state index contributed by atoms with van der Waals surface area (Å²) < 4.78 is 10.7. The van der Waals surface area contributed by atoms with Crippen LogP contribution in [0, 0.1) is 0 Å². The van der Waals surface area contributed by atoms with Crippen LogP contribution in [0.4, 0.5) is 11.8 Å². The maximum Gasteiger partial charge on any atom is 0.244 e. The van der Waals surface area contributed by atoms with Crippen LogP contribution < -0.4 is 15.4 Å². The van der Waals surface area contributed by atoms with Gasteiger partial charge in [0.05, 0.1) is 19.4 Å². The van der Waals surface area contributed by atoms with Gasteiger partial charge in [0.25, 0.3) is 0 Å². The zero-order valence-electron chi connectivity index (χ0n) is 13.2. The van der Waals surface area contributed by atoms with Crippen molar-refractivity contribution in [1.82, 2.24) is 15.2 Å². The molecule has 1 aromatic carbocycles. The predicted octanol–water partition coefficient (Wildman–Crippen LogP) is 2.08. The number of benzene rings is 1. The molecule has 0 spiro atoms. The molecule has 23 heavy (non-hydrogen) atoms. The standard InChI is InChI=1S/C16H21N5O2/c1-22-13-6-4-12(5-7-13)9-17-15-11-19-21-16(20-15)18-10-14-3-2-8-23-14/h4-7,11,14H,2-3,8-10H2,1H3,(H2,17,18,20,21). The van der Waals surface area contributed by atoms with Crippen molar-refractivity contribution in [2.75, 3.05) is 30.9 Å². The zero-order chi connectivity index (χ0) is 15.9. The fourth-order valence-electron chi connectivity index (χ4n) is 2.41. The largest absolute Gasteiger partial charge is 0.497 e. The lowest BCUT2D eigenvalue weighted by Crippen LogP contribution is -2.20. The van der Waals surface area contributed by atoms with Gasteiger partial charge in [-0.1, -0.05) is 12.1 Å². The molecule has 1 saturated heterocycles. The van der Waals surface area contributed by atoms with E-state index >= 15 is 0 Å². The number of hydrogen-bond donors (Lipinski definition) is 2. The summed E-state index contributed by atoms with van der Waals surface area (Å²) in [6, 6.07) is 7.89. The molecule has 7 nitrogen and oxygen atoms in total. The van der Waals surface area contributed by atoms with Crippen LogP contribution in [0.25, 0.3) is 0 Å². The summed E-state index contributed by atoms with van der Waals surface area (Å²) in [7, 11) is 1.66. The molecule has 1 fully saturated rings. The lowest BCUT2D eigenvalue weighted by Gasteiger charge is -2.11. The second-order valence-corrected chi connectivity index (χ2v) is 5.38. The molecular weight excluding hydrogens is 294 g/mol. The quantitative estimate of drug-likeness (QED) is 0.809. The van der Waals surface area contributed by atoms with E-state index in [0.29, 0.717) is 24.9 Å². The monoisotopic (exact) mass is 315 g/mol. The highest BCUT2D eigenvalue weighted by atomic mass is 16.5. The minimum Gasteiger partial charge on any atom is -0.497 e. The molecule has 7 heteroatoms. The second-order valence-electron chi connectivity index (χ2n) is 5.38. The van der Waals surface area contributed by atoms with Gasteiger partial charge in [-0.05, 0) is 30.5 Å². The third kappa shape index (κ3) is 4.53. The third-order valence-corrected chi connectivity index (χ3v) is 3.70. The van der Waals surface area contributed by atoms with E-state index in [1.165, 1.54) is 0 Å². The number of nitrogens with one attached hydrogen (secondary N) is 2. The maximum absolute atomic E-state index is 5.56. The molecule has 2 heterocycles. The van der Waals surface area contributed by atoms with Gasteiger partial charge < -0.3 is 20.1 Å². The van der Waals surface area contributed by atoms with Crippen LogP contribution in [0.3, 0.4) is 0 Å². The molecule has 3 rings (SSSR count). The fourth-order valence-corrected chi connectivity index (χ4v) is 2.41. The van der Waals surface area contributed by atoms with Crippen molar-refractivity contribution in [3.8, 4) is 5.75 Å². The molecule has 0 bridgehead atoms. The van der Waals surface area contributed by atoms with E-state index in [4.69, 9.17) is 9.47 Å². The Morgan fingerprint density at radius 3 is 2.87 bits per heavy atom. The highest BCUT2D eigenvalue weighted by molar-refractivity contribution is 5.38. The average molecular weight is 315 g/mol. The molecule has 1 atom stereocenters. The number of aromatic nitrogens is 3. The van der Waals surface area contributed by atoms with Crippen LogP contribution in [-0.4, -0.2) is 41.5 Å². The maximum atomic E-state index is 5.56. The van der Waals surface area contributed by atoms with Gasteiger partial charge in [0.15, 0.2) is 5.82 Å². The topological polar surface area (TPSA) is 81.2 Å². The SMILES string of the molecule is COc1ccc(CNc2cnnc(NCC3CCCO3)n2)cc1. The summed E-state index contributed by atoms with van der Waals surface area (Å²) in [5.41, 5.74) is 1.14. The Labute approximate surface area is 135 Å². The Kier molecular flexibility index (Phi) is 5.21. The number of hydrogen-bond acceptors (Lipinski definition) is 7. The molecule has 2 N–H and O–H groups in total. The Balaban J connectivity index is 1.51. The van der Waals surface area contributed by atoms with Crippen LogP contribution in [-0.2, 0) is 11.3 Å². The first-order valence-corrected chi connectivity index (χ1v) is 7.75. The summed E-state index contributed by atoms with van der Waals surface area (Å²) in [6.07, 6.45) is 4.06. The van der Waals surface area contributed by atoms with Crippen LogP contribution in [0.1, 0.15) is 18.4 Å². The number of nitrogens with zero attached hydrogens (tertiary/aromatic N) is 3. The number of methoxy groups -OCH3 is 1. The van der Waals surface area contributed by atoms with Crippen molar-refractivity contribution in [3.63, 3.8) is 0 Å². The number of ether oxygens (including phenoxy) is 2. The van der Waals surface area contributed by atoms with E-state index < -0.39 is 0 Å². The molecule has 1 aliphatic rings. The van der Waals surface area contributed by atoms with Crippen molar-refractivity contribution < 1.29 is 9.47 Å². The minimum absolute atomic E-state index is 0.245. The molecule has 0 aliphatic carbocycles. The van der Waals surface area contributed by atoms with Crippen molar-refractivity contribution in [2.45, 2.75) is 25.5 Å². The molecular formula is C16H21N5O2. The first-order chi connectivity index (χ1) is 11.3. The van der Waals surface area contributed by atoms with Crippen LogP contribution in [0.5, 0.6) is 5.75 Å². The Hall–Kier alpha value is -2.41. The Morgan fingerprint density at radius 2 is 2.13 bits per heavy atom. The summed E-state index contributed by atoms with van der Waals surface area (Å²) in [6.45, 7) is 2.21. The van der Waals surface area contributed by atoms with Gasteiger partial charge in [0, 0.05) is 19.7 Å². The van der Waals surface area contributed by atoms with Gasteiger partial charge in [0.1, 0.15) is 5.75 Å². The molecule has 1 aromatic heterocycles. The van der Waals surface area contributed by atoms with E-state index in [2.05, 4.69) is 25.8 Å². The van der Waals surface area contributed by atoms with E-state index in [0.717, 1.165) is 30.8 Å². The molecule has 122 valence electrons. The van der Waals surface area contributed by atoms with Gasteiger partial charge in [-0.3, -0.25) is 0 Å². The van der Waals surface area contributed by atoms with Gasteiger partial charge in [-0.25, -0.2) is 0 Å². The summed E-state index contributed by atoms with van der Waals surface area (Å²) in [5, 5.41) is 14.4. The number of rotatable bonds is 7. The Morgan fingerprint density at radius 1 is 1.26 bits per heavy atom. The van der Waals surface area contributed by atoms with Crippen molar-refractivity contribution >= 4 is 11.8 Å². The van der Waals surface area contributed by atoms with Crippen molar-refractivity contribution in [1.29, 1.82) is 0 Å². The number of anilines is 2. The highest BCUT2D eigenvalue weighted by Crippen LogP contribution is 2.14. The molecule has 0 amide bonds. The van der Waals surface area contributed by atoms with Gasteiger partial charge in [-0.2, -0.15) is 10.1 Å². The van der Waals surface area contributed by atoms with Crippen LogP contribution in [0.2, 0.25) is 0 Å². The lowest BCUT2D eigenvalue weighted by molar-refractivity contribution is 0.120. The summed E-state index contributed by atoms with van der Waals surface area (Å²) >= 11 is 0. The summed E-state index contributed by atoms with van der Waals surface area (Å²) in [4.78, 5) is 4.41. The molecule has 1 aliphatic heterocycles. The first-order valence-electron chi connectivity index (χ1n) is 7.75. The minimum atomic E-state index is 0.245. The third-order valence-electron chi connectivity index (χ3n) is 3.70. The zero-order valence-corrected chi connectivity index (χ0v) is 13.2. The Bertz CT molecular complexity index is 614. The van der Waals surface area contributed by atoms with E-state index in [1.54, 1.807) is 13.3 Å².